The summed E-state index contributed by atoms with van der Waals surface area (Å²) >= 11 is 24.0. The van der Waals surface area contributed by atoms with Crippen LogP contribution in [0, 0.1) is 0 Å². The summed E-state index contributed by atoms with van der Waals surface area (Å²) in [5.41, 5.74) is 1.54. The number of benzene rings is 3. The van der Waals surface area contributed by atoms with Gasteiger partial charge in [0.25, 0.3) is 5.91 Å². The van der Waals surface area contributed by atoms with E-state index in [1.807, 2.05) is 0 Å². The molecule has 0 aliphatic rings. The molecule has 136 valence electrons. The third-order valence-corrected chi connectivity index (χ3v) is 4.69. The van der Waals surface area contributed by atoms with Crippen LogP contribution in [0.2, 0.25) is 20.1 Å². The van der Waals surface area contributed by atoms with Gasteiger partial charge in [0.05, 0.1) is 22.0 Å². The van der Waals surface area contributed by atoms with Crippen molar-refractivity contribution in [3.63, 3.8) is 0 Å². The molecule has 0 bridgehead atoms. The van der Waals surface area contributed by atoms with E-state index in [-0.39, 0.29) is 10.9 Å². The number of aliphatic imine (C=N–C) groups is 1. The van der Waals surface area contributed by atoms with Gasteiger partial charge in [0, 0.05) is 15.1 Å². The van der Waals surface area contributed by atoms with E-state index in [9.17, 15) is 4.79 Å². The summed E-state index contributed by atoms with van der Waals surface area (Å²) < 4.78 is 0. The van der Waals surface area contributed by atoms with Crippen molar-refractivity contribution in [2.45, 2.75) is 0 Å². The van der Waals surface area contributed by atoms with Crippen molar-refractivity contribution >= 4 is 70.0 Å². The van der Waals surface area contributed by atoms with Crippen LogP contribution in [0.25, 0.3) is 0 Å². The maximum Gasteiger partial charge on any atom is 0.265 e. The molecule has 0 aliphatic carbocycles. The van der Waals surface area contributed by atoms with Crippen LogP contribution in [0.4, 0.5) is 11.4 Å². The Morgan fingerprint density at radius 2 is 1.33 bits per heavy atom. The number of rotatable bonds is 4. The van der Waals surface area contributed by atoms with Crippen molar-refractivity contribution in [2.24, 2.45) is 4.99 Å². The number of anilines is 1. The molecule has 27 heavy (non-hydrogen) atoms. The molecule has 1 amide bonds. The second-order valence-electron chi connectivity index (χ2n) is 5.50. The lowest BCUT2D eigenvalue weighted by molar-refractivity contribution is 0.100. The van der Waals surface area contributed by atoms with Crippen molar-refractivity contribution in [3.8, 4) is 0 Å². The minimum Gasteiger partial charge on any atom is -0.268 e. The summed E-state index contributed by atoms with van der Waals surface area (Å²) in [6, 6.07) is 18.5. The zero-order valence-electron chi connectivity index (χ0n) is 13.7. The number of hydrogen-bond donors (Lipinski definition) is 0. The molecular weight excluding hydrogens is 426 g/mol. The summed E-state index contributed by atoms with van der Waals surface area (Å²) in [5.74, 6) is -0.350. The van der Waals surface area contributed by atoms with E-state index in [1.54, 1.807) is 60.7 Å². The molecule has 0 unspecified atom stereocenters. The molecular formula is C20H12Cl4N2O. The normalized spacial score (nSPS) is 11.0. The average molecular weight is 438 g/mol. The van der Waals surface area contributed by atoms with E-state index in [2.05, 4.69) is 4.99 Å². The second kappa shape index (κ2) is 8.77. The highest BCUT2D eigenvalue weighted by Gasteiger charge is 2.19. The Kier molecular flexibility index (Phi) is 6.40. The van der Waals surface area contributed by atoms with Crippen LogP contribution in [-0.4, -0.2) is 12.2 Å². The minimum absolute atomic E-state index is 0.256. The van der Waals surface area contributed by atoms with Gasteiger partial charge in [0.2, 0.25) is 0 Å². The van der Waals surface area contributed by atoms with Gasteiger partial charge < -0.3 is 0 Å². The van der Waals surface area contributed by atoms with Crippen LogP contribution in [0.15, 0.2) is 71.7 Å². The van der Waals surface area contributed by atoms with Crippen LogP contribution >= 0.6 is 46.4 Å². The Bertz CT molecular complexity index is 986. The molecule has 0 aliphatic heterocycles. The van der Waals surface area contributed by atoms with Gasteiger partial charge in [0.15, 0.2) is 0 Å². The Balaban J connectivity index is 1.99. The molecule has 0 saturated heterocycles. The van der Waals surface area contributed by atoms with Gasteiger partial charge in [-0.05, 0) is 66.7 Å². The zero-order valence-corrected chi connectivity index (χ0v) is 16.8. The molecule has 3 aromatic rings. The number of carbonyl (C=O) groups is 1. The summed E-state index contributed by atoms with van der Waals surface area (Å²) in [6.07, 6.45) is 1.43. The van der Waals surface area contributed by atoms with E-state index in [4.69, 9.17) is 46.4 Å². The highest BCUT2D eigenvalue weighted by molar-refractivity contribution is 6.38. The van der Waals surface area contributed by atoms with Gasteiger partial charge in [-0.15, -0.1) is 0 Å². The number of hydrogen-bond acceptors (Lipinski definition) is 2. The topological polar surface area (TPSA) is 32.7 Å². The lowest BCUT2D eigenvalue weighted by Crippen LogP contribution is -2.29. The van der Waals surface area contributed by atoms with Crippen LogP contribution in [0.3, 0.4) is 0 Å². The van der Waals surface area contributed by atoms with Crippen molar-refractivity contribution in [3.05, 3.63) is 92.4 Å². The summed E-state index contributed by atoms with van der Waals surface area (Å²) in [5, 5.41) is 1.87. The molecule has 0 atom stereocenters. The number of carbonyl (C=O) groups excluding carboxylic acids is 1. The fourth-order valence-electron chi connectivity index (χ4n) is 2.28. The predicted octanol–water partition coefficient (Wildman–Crippen LogP) is 7.31. The van der Waals surface area contributed by atoms with Crippen molar-refractivity contribution in [1.29, 1.82) is 0 Å². The lowest BCUT2D eigenvalue weighted by Gasteiger charge is -2.19. The first-order valence-electron chi connectivity index (χ1n) is 7.78. The van der Waals surface area contributed by atoms with Crippen molar-refractivity contribution in [2.75, 3.05) is 4.90 Å². The molecule has 0 heterocycles. The minimum atomic E-state index is -0.350. The second-order valence-corrected chi connectivity index (χ2v) is 7.21. The molecule has 0 spiro atoms. The van der Waals surface area contributed by atoms with Gasteiger partial charge in [-0.1, -0.05) is 46.4 Å². The van der Waals surface area contributed by atoms with Crippen molar-refractivity contribution < 1.29 is 4.79 Å². The van der Waals surface area contributed by atoms with E-state index < -0.39 is 0 Å². The molecule has 7 heteroatoms. The van der Waals surface area contributed by atoms with E-state index >= 15 is 0 Å². The summed E-state index contributed by atoms with van der Waals surface area (Å²) in [4.78, 5) is 18.8. The van der Waals surface area contributed by atoms with Gasteiger partial charge in [-0.25, -0.2) is 4.99 Å². The SMILES string of the molecule is O=C(c1ccc(Cl)cc1Cl)N(C=Nc1ccc(Cl)cc1)c1ccc(Cl)cc1. The van der Waals surface area contributed by atoms with E-state index in [1.165, 1.54) is 17.3 Å². The number of amides is 1. The molecule has 3 nitrogen and oxygen atoms in total. The van der Waals surface area contributed by atoms with Crippen molar-refractivity contribution in [1.82, 2.24) is 0 Å². The largest absolute Gasteiger partial charge is 0.268 e. The van der Waals surface area contributed by atoms with Crippen LogP contribution < -0.4 is 4.90 Å². The molecule has 0 N–H and O–H groups in total. The third-order valence-electron chi connectivity index (χ3n) is 3.63. The lowest BCUT2D eigenvalue weighted by atomic mass is 10.2. The number of halogens is 4. The van der Waals surface area contributed by atoms with Crippen LogP contribution in [0.5, 0.6) is 0 Å². The maximum absolute atomic E-state index is 13.1. The average Bonchev–Trinajstić information content (AvgIpc) is 2.64. The Labute approximate surface area is 176 Å². The summed E-state index contributed by atoms with van der Waals surface area (Å²) in [7, 11) is 0. The van der Waals surface area contributed by atoms with E-state index in [0.29, 0.717) is 32.0 Å². The quantitative estimate of drug-likeness (QED) is 0.311. The zero-order chi connectivity index (χ0) is 19.4. The molecule has 3 rings (SSSR count). The van der Waals surface area contributed by atoms with Crippen LogP contribution in [-0.2, 0) is 0 Å². The highest BCUT2D eigenvalue weighted by Crippen LogP contribution is 2.26. The van der Waals surface area contributed by atoms with Gasteiger partial charge in [-0.3, -0.25) is 9.69 Å². The highest BCUT2D eigenvalue weighted by atomic mass is 35.5. The van der Waals surface area contributed by atoms with E-state index in [0.717, 1.165) is 0 Å². The molecule has 0 aromatic heterocycles. The maximum atomic E-state index is 13.1. The monoisotopic (exact) mass is 436 g/mol. The molecule has 3 aromatic carbocycles. The van der Waals surface area contributed by atoms with Gasteiger partial charge in [0.1, 0.15) is 6.34 Å². The Morgan fingerprint density at radius 1 is 0.778 bits per heavy atom. The first-order chi connectivity index (χ1) is 12.9. The fourth-order valence-corrected chi connectivity index (χ4v) is 3.02. The number of nitrogens with zero attached hydrogens (tertiary/aromatic N) is 2. The first kappa shape index (κ1) is 19.7. The molecule has 0 saturated carbocycles. The molecule has 0 radical (unpaired) electrons. The first-order valence-corrected chi connectivity index (χ1v) is 9.29. The van der Waals surface area contributed by atoms with Crippen LogP contribution in [0.1, 0.15) is 10.4 Å². The Morgan fingerprint density at radius 3 is 1.93 bits per heavy atom. The Hall–Kier alpha value is -2.04. The summed E-state index contributed by atoms with van der Waals surface area (Å²) in [6.45, 7) is 0. The predicted molar refractivity (Wildman–Crippen MR) is 114 cm³/mol. The fraction of sp³-hybridized carbons (Fsp3) is 0. The standard InChI is InChI=1S/C20H12Cl4N2O/c21-13-1-6-16(7-2-13)25-12-26(17-8-3-14(22)4-9-17)20(27)18-10-5-15(23)11-19(18)24/h1-12H. The van der Waals surface area contributed by atoms with Gasteiger partial charge >= 0.3 is 0 Å². The van der Waals surface area contributed by atoms with Gasteiger partial charge in [-0.2, -0.15) is 0 Å². The smallest absolute Gasteiger partial charge is 0.265 e. The third kappa shape index (κ3) is 5.02. The molecule has 0 fully saturated rings.